The molecule has 0 bridgehead atoms. The summed E-state index contributed by atoms with van der Waals surface area (Å²) in [5.41, 5.74) is 7.16. The van der Waals surface area contributed by atoms with Crippen molar-refractivity contribution in [3.63, 3.8) is 0 Å². The first-order valence-electron chi connectivity index (χ1n) is 6.78. The van der Waals surface area contributed by atoms with Crippen LogP contribution in [0.1, 0.15) is 15.9 Å². The molecule has 0 saturated heterocycles. The van der Waals surface area contributed by atoms with Gasteiger partial charge in [0, 0.05) is 10.6 Å². The molecule has 0 radical (unpaired) electrons. The second kappa shape index (κ2) is 7.56. The fraction of sp³-hybridized carbons (Fsp3) is 0.118. The molecular formula is C17H17ClN2O3. The van der Waals surface area contributed by atoms with Crippen LogP contribution in [0.2, 0.25) is 5.02 Å². The van der Waals surface area contributed by atoms with Crippen molar-refractivity contribution in [3.8, 4) is 11.5 Å². The molecule has 23 heavy (non-hydrogen) atoms. The maximum Gasteiger partial charge on any atom is 0.269 e. The number of carbonyl (C=O) groups is 1. The highest BCUT2D eigenvalue weighted by molar-refractivity contribution is 6.30. The van der Waals surface area contributed by atoms with E-state index in [1.807, 2.05) is 0 Å². The van der Waals surface area contributed by atoms with Crippen molar-refractivity contribution in [2.24, 2.45) is 0 Å². The molecule has 0 fully saturated rings. The number of nitrogens with one attached hydrogen (secondary N) is 2. The van der Waals surface area contributed by atoms with Crippen molar-refractivity contribution < 1.29 is 14.3 Å². The second-order valence-corrected chi connectivity index (χ2v) is 5.07. The number of hydrazine groups is 1. The normalized spacial score (nSPS) is 9.87. The molecule has 0 aliphatic heterocycles. The Morgan fingerprint density at radius 2 is 1.57 bits per heavy atom. The number of amides is 1. The Kier molecular flexibility index (Phi) is 5.49. The molecule has 0 unspecified atom stereocenters. The lowest BCUT2D eigenvalue weighted by molar-refractivity contribution is 0.0942. The van der Waals surface area contributed by atoms with Crippen LogP contribution in [-0.2, 0) is 0 Å². The van der Waals surface area contributed by atoms with Gasteiger partial charge in [-0.15, -0.1) is 0 Å². The lowest BCUT2D eigenvalue weighted by Gasteiger charge is -2.13. The van der Waals surface area contributed by atoms with Crippen molar-refractivity contribution in [1.29, 1.82) is 0 Å². The molecule has 0 atom stereocenters. The Hall–Kier alpha value is -2.66. The summed E-state index contributed by atoms with van der Waals surface area (Å²) in [6, 6.07) is 12.0. The van der Waals surface area contributed by atoms with Gasteiger partial charge in [0.2, 0.25) is 0 Å². The van der Waals surface area contributed by atoms with Gasteiger partial charge in [0.1, 0.15) is 0 Å². The maximum absolute atomic E-state index is 12.2. The highest BCUT2D eigenvalue weighted by Crippen LogP contribution is 2.27. The van der Waals surface area contributed by atoms with Gasteiger partial charge in [-0.1, -0.05) is 30.3 Å². The van der Waals surface area contributed by atoms with E-state index in [-0.39, 0.29) is 5.91 Å². The van der Waals surface area contributed by atoms with Gasteiger partial charge in [-0.05, 0) is 35.9 Å². The van der Waals surface area contributed by atoms with E-state index in [1.54, 1.807) is 42.5 Å². The minimum absolute atomic E-state index is 0.318. The molecule has 2 rings (SSSR count). The van der Waals surface area contributed by atoms with Crippen LogP contribution in [0.25, 0.3) is 5.70 Å². The van der Waals surface area contributed by atoms with Gasteiger partial charge < -0.3 is 9.47 Å². The molecule has 1 amide bonds. The van der Waals surface area contributed by atoms with E-state index in [1.165, 1.54) is 14.2 Å². The van der Waals surface area contributed by atoms with Crippen LogP contribution in [0.15, 0.2) is 49.0 Å². The quantitative estimate of drug-likeness (QED) is 0.797. The van der Waals surface area contributed by atoms with Crippen LogP contribution in [0.3, 0.4) is 0 Å². The molecule has 0 aromatic heterocycles. The summed E-state index contributed by atoms with van der Waals surface area (Å²) in [4.78, 5) is 12.2. The van der Waals surface area contributed by atoms with Gasteiger partial charge in [0.15, 0.2) is 11.5 Å². The number of methoxy groups -OCH3 is 2. The summed E-state index contributed by atoms with van der Waals surface area (Å²) in [6.45, 7) is 3.87. The Balaban J connectivity index is 2.02. The third-order valence-corrected chi connectivity index (χ3v) is 3.42. The molecule has 2 aromatic carbocycles. The lowest BCUT2D eigenvalue weighted by Crippen LogP contribution is -2.35. The summed E-state index contributed by atoms with van der Waals surface area (Å²) in [7, 11) is 3.05. The Morgan fingerprint density at radius 3 is 2.17 bits per heavy atom. The number of rotatable bonds is 6. The van der Waals surface area contributed by atoms with Crippen LogP contribution < -0.4 is 20.3 Å². The van der Waals surface area contributed by atoms with Crippen LogP contribution in [0, 0.1) is 0 Å². The van der Waals surface area contributed by atoms with Crippen LogP contribution in [0.5, 0.6) is 11.5 Å². The van der Waals surface area contributed by atoms with E-state index in [2.05, 4.69) is 17.4 Å². The van der Waals surface area contributed by atoms with Crippen molar-refractivity contribution in [3.05, 3.63) is 65.2 Å². The molecule has 2 aromatic rings. The standard InChI is InChI=1S/C17H17ClN2O3/c1-11(12-4-7-14(18)8-5-12)19-20-17(21)13-6-9-15(22-2)16(10-13)23-3/h4-10,19H,1H2,2-3H3,(H,20,21). The Labute approximate surface area is 139 Å². The van der Waals surface area contributed by atoms with E-state index >= 15 is 0 Å². The van der Waals surface area contributed by atoms with E-state index in [9.17, 15) is 4.79 Å². The summed E-state index contributed by atoms with van der Waals surface area (Å²) >= 11 is 5.84. The molecule has 5 nitrogen and oxygen atoms in total. The molecule has 0 aliphatic carbocycles. The molecule has 0 aliphatic rings. The zero-order valence-corrected chi connectivity index (χ0v) is 13.6. The molecule has 2 N–H and O–H groups in total. The van der Waals surface area contributed by atoms with Gasteiger partial charge in [0.25, 0.3) is 5.91 Å². The predicted molar refractivity (Wildman–Crippen MR) is 90.6 cm³/mol. The highest BCUT2D eigenvalue weighted by atomic mass is 35.5. The average molecular weight is 333 g/mol. The van der Waals surface area contributed by atoms with Crippen LogP contribution in [0.4, 0.5) is 0 Å². The zero-order valence-electron chi connectivity index (χ0n) is 12.9. The fourth-order valence-electron chi connectivity index (χ4n) is 1.91. The van der Waals surface area contributed by atoms with Crippen molar-refractivity contribution in [2.75, 3.05) is 14.2 Å². The first-order valence-corrected chi connectivity index (χ1v) is 7.16. The summed E-state index contributed by atoms with van der Waals surface area (Å²) in [6.07, 6.45) is 0. The molecule has 120 valence electrons. The number of hydrogen-bond acceptors (Lipinski definition) is 4. The molecule has 6 heteroatoms. The largest absolute Gasteiger partial charge is 0.493 e. The minimum Gasteiger partial charge on any atom is -0.493 e. The third-order valence-electron chi connectivity index (χ3n) is 3.17. The second-order valence-electron chi connectivity index (χ2n) is 4.63. The van der Waals surface area contributed by atoms with Gasteiger partial charge in [0.05, 0.1) is 19.9 Å². The van der Waals surface area contributed by atoms with E-state index in [0.717, 1.165) is 5.56 Å². The first kappa shape index (κ1) is 16.7. The number of ether oxygens (including phenoxy) is 2. The SMILES string of the molecule is C=C(NNC(=O)c1ccc(OC)c(OC)c1)c1ccc(Cl)cc1. The molecule has 0 saturated carbocycles. The van der Waals surface area contributed by atoms with Gasteiger partial charge >= 0.3 is 0 Å². The average Bonchev–Trinajstić information content (AvgIpc) is 2.59. The van der Waals surface area contributed by atoms with E-state index in [0.29, 0.717) is 27.8 Å². The molecule has 0 spiro atoms. The highest BCUT2D eigenvalue weighted by Gasteiger charge is 2.10. The van der Waals surface area contributed by atoms with Gasteiger partial charge in [-0.25, -0.2) is 0 Å². The maximum atomic E-state index is 12.2. The van der Waals surface area contributed by atoms with Crippen molar-refractivity contribution in [2.45, 2.75) is 0 Å². The van der Waals surface area contributed by atoms with Crippen molar-refractivity contribution >= 4 is 23.2 Å². The predicted octanol–water partition coefficient (Wildman–Crippen LogP) is 3.26. The summed E-state index contributed by atoms with van der Waals surface area (Å²) in [5, 5.41) is 0.635. The Morgan fingerprint density at radius 1 is 0.957 bits per heavy atom. The monoisotopic (exact) mass is 332 g/mol. The lowest BCUT2D eigenvalue weighted by atomic mass is 10.2. The van der Waals surface area contributed by atoms with Crippen molar-refractivity contribution in [1.82, 2.24) is 10.9 Å². The van der Waals surface area contributed by atoms with Crippen LogP contribution in [-0.4, -0.2) is 20.1 Å². The summed E-state index contributed by atoms with van der Waals surface area (Å²) in [5.74, 6) is 0.723. The van der Waals surface area contributed by atoms with Crippen LogP contribution >= 0.6 is 11.6 Å². The van der Waals surface area contributed by atoms with Gasteiger partial charge in [-0.2, -0.15) is 0 Å². The minimum atomic E-state index is -0.318. The summed E-state index contributed by atoms with van der Waals surface area (Å²) < 4.78 is 10.3. The van der Waals surface area contributed by atoms with E-state index < -0.39 is 0 Å². The van der Waals surface area contributed by atoms with E-state index in [4.69, 9.17) is 21.1 Å². The van der Waals surface area contributed by atoms with Gasteiger partial charge in [-0.3, -0.25) is 15.6 Å². The molecular weight excluding hydrogens is 316 g/mol. The topological polar surface area (TPSA) is 59.6 Å². The number of carbonyl (C=O) groups excluding carboxylic acids is 1. The number of hydrogen-bond donors (Lipinski definition) is 2. The molecule has 0 heterocycles. The number of benzene rings is 2. The fourth-order valence-corrected chi connectivity index (χ4v) is 2.03. The first-order chi connectivity index (χ1) is 11.0. The zero-order chi connectivity index (χ0) is 16.8. The smallest absolute Gasteiger partial charge is 0.269 e. The Bertz CT molecular complexity index is 714. The number of halogens is 1. The third kappa shape index (κ3) is 4.17.